The third kappa shape index (κ3) is 4.81. The van der Waals surface area contributed by atoms with E-state index in [2.05, 4.69) is 10.6 Å². The van der Waals surface area contributed by atoms with Crippen molar-refractivity contribution in [2.24, 2.45) is 5.41 Å². The Morgan fingerprint density at radius 1 is 1.20 bits per heavy atom. The van der Waals surface area contributed by atoms with E-state index in [9.17, 15) is 14.4 Å². The Morgan fingerprint density at radius 2 is 1.88 bits per heavy atom. The summed E-state index contributed by atoms with van der Waals surface area (Å²) in [5, 5.41) is 5.74. The van der Waals surface area contributed by atoms with Gasteiger partial charge in [-0.2, -0.15) is 0 Å². The number of methoxy groups -OCH3 is 1. The summed E-state index contributed by atoms with van der Waals surface area (Å²) in [6.07, 6.45) is 3.45. The van der Waals surface area contributed by atoms with Gasteiger partial charge in [0.15, 0.2) is 0 Å². The molecule has 2 rings (SSSR count). The first kappa shape index (κ1) is 19.0. The number of hydrogen-bond donors (Lipinski definition) is 2. The highest BCUT2D eigenvalue weighted by atomic mass is 16.5. The van der Waals surface area contributed by atoms with Crippen molar-refractivity contribution in [3.05, 3.63) is 29.8 Å². The fourth-order valence-corrected chi connectivity index (χ4v) is 3.32. The molecule has 1 fully saturated rings. The zero-order valence-corrected chi connectivity index (χ0v) is 15.1. The maximum absolute atomic E-state index is 12.9. The predicted molar refractivity (Wildman–Crippen MR) is 95.2 cm³/mol. The number of carbonyl (C=O) groups excluding carboxylic acids is 3. The molecule has 0 aliphatic heterocycles. The van der Waals surface area contributed by atoms with Gasteiger partial charge in [0, 0.05) is 18.2 Å². The molecule has 0 spiro atoms. The molecule has 6 nitrogen and oxygen atoms in total. The summed E-state index contributed by atoms with van der Waals surface area (Å²) in [5.74, 6) is -0.718. The van der Waals surface area contributed by atoms with Crippen LogP contribution in [0.25, 0.3) is 0 Å². The fraction of sp³-hybridized carbons (Fsp3) is 0.526. The number of carbonyl (C=O) groups is 3. The molecule has 0 aromatic heterocycles. The molecule has 25 heavy (non-hydrogen) atoms. The molecule has 0 bridgehead atoms. The fourth-order valence-electron chi connectivity index (χ4n) is 3.32. The monoisotopic (exact) mass is 346 g/mol. The number of benzene rings is 1. The summed E-state index contributed by atoms with van der Waals surface area (Å²) in [7, 11) is 1.31. The molecule has 1 aliphatic rings. The van der Waals surface area contributed by atoms with Gasteiger partial charge in [0.25, 0.3) is 0 Å². The van der Waals surface area contributed by atoms with Crippen LogP contribution in [0.1, 0.15) is 56.3 Å². The lowest BCUT2D eigenvalue weighted by Gasteiger charge is -2.27. The van der Waals surface area contributed by atoms with Crippen molar-refractivity contribution in [3.63, 3.8) is 0 Å². The summed E-state index contributed by atoms with van der Waals surface area (Å²) >= 11 is 0. The summed E-state index contributed by atoms with van der Waals surface area (Å²) in [4.78, 5) is 36.7. The molecule has 2 N–H and O–H groups in total. The molecule has 2 amide bonds. The number of ether oxygens (including phenoxy) is 1. The molecule has 0 heterocycles. The Bertz CT molecular complexity index is 649. The number of hydrogen-bond acceptors (Lipinski definition) is 4. The smallest absolute Gasteiger partial charge is 0.337 e. The van der Waals surface area contributed by atoms with Gasteiger partial charge in [-0.15, -0.1) is 0 Å². The molecule has 0 unspecified atom stereocenters. The van der Waals surface area contributed by atoms with Crippen LogP contribution in [0.3, 0.4) is 0 Å². The van der Waals surface area contributed by atoms with Gasteiger partial charge >= 0.3 is 5.97 Å². The average Bonchev–Trinajstić information content (AvgIpc) is 3.03. The van der Waals surface area contributed by atoms with E-state index in [1.54, 1.807) is 24.3 Å². The largest absolute Gasteiger partial charge is 0.465 e. The van der Waals surface area contributed by atoms with Gasteiger partial charge in [0.1, 0.15) is 0 Å². The molecule has 1 saturated carbocycles. The Hall–Kier alpha value is -2.37. The second-order valence-electron chi connectivity index (χ2n) is 6.91. The van der Waals surface area contributed by atoms with E-state index in [0.717, 1.165) is 12.8 Å². The lowest BCUT2D eigenvalue weighted by molar-refractivity contribution is -0.132. The number of anilines is 1. The SMILES string of the molecule is COC(=O)c1cccc(NC(=O)C2(CC(=O)NC(C)C)CCCC2)c1. The van der Waals surface area contributed by atoms with E-state index in [-0.39, 0.29) is 24.3 Å². The van der Waals surface area contributed by atoms with E-state index < -0.39 is 11.4 Å². The quantitative estimate of drug-likeness (QED) is 0.776. The Kier molecular flexibility index (Phi) is 6.17. The van der Waals surface area contributed by atoms with Crippen LogP contribution in [-0.2, 0) is 14.3 Å². The van der Waals surface area contributed by atoms with Crippen LogP contribution in [0.5, 0.6) is 0 Å². The number of nitrogens with one attached hydrogen (secondary N) is 2. The maximum atomic E-state index is 12.9. The second kappa shape index (κ2) is 8.14. The van der Waals surface area contributed by atoms with Crippen LogP contribution >= 0.6 is 0 Å². The van der Waals surface area contributed by atoms with Crippen LogP contribution in [0, 0.1) is 5.41 Å². The third-order valence-electron chi connectivity index (χ3n) is 4.53. The van der Waals surface area contributed by atoms with Crippen LogP contribution in [0.15, 0.2) is 24.3 Å². The van der Waals surface area contributed by atoms with Crippen LogP contribution in [-0.4, -0.2) is 30.9 Å². The minimum atomic E-state index is -0.680. The first-order valence-corrected chi connectivity index (χ1v) is 8.65. The van der Waals surface area contributed by atoms with E-state index in [0.29, 0.717) is 24.1 Å². The molecule has 0 radical (unpaired) electrons. The van der Waals surface area contributed by atoms with Crippen molar-refractivity contribution in [2.75, 3.05) is 12.4 Å². The highest BCUT2D eigenvalue weighted by molar-refractivity contribution is 5.99. The van der Waals surface area contributed by atoms with Gasteiger partial charge in [-0.05, 0) is 44.9 Å². The second-order valence-corrected chi connectivity index (χ2v) is 6.91. The molecular formula is C19H26N2O4. The molecule has 6 heteroatoms. The lowest BCUT2D eigenvalue weighted by atomic mass is 9.81. The molecule has 136 valence electrons. The number of esters is 1. The average molecular weight is 346 g/mol. The van der Waals surface area contributed by atoms with E-state index in [4.69, 9.17) is 4.74 Å². The van der Waals surface area contributed by atoms with Crippen molar-refractivity contribution in [1.82, 2.24) is 5.32 Å². The molecule has 0 atom stereocenters. The highest BCUT2D eigenvalue weighted by Crippen LogP contribution is 2.42. The summed E-state index contributed by atoms with van der Waals surface area (Å²) in [6, 6.07) is 6.67. The van der Waals surface area contributed by atoms with Gasteiger partial charge < -0.3 is 15.4 Å². The summed E-state index contributed by atoms with van der Waals surface area (Å²) < 4.78 is 4.70. The van der Waals surface area contributed by atoms with Crippen molar-refractivity contribution < 1.29 is 19.1 Å². The van der Waals surface area contributed by atoms with Crippen molar-refractivity contribution in [1.29, 1.82) is 0 Å². The van der Waals surface area contributed by atoms with E-state index in [1.807, 2.05) is 13.8 Å². The Balaban J connectivity index is 2.13. The van der Waals surface area contributed by atoms with Crippen LogP contribution < -0.4 is 10.6 Å². The first-order chi connectivity index (χ1) is 11.9. The summed E-state index contributed by atoms with van der Waals surface area (Å²) in [5.41, 5.74) is 0.224. The molecule has 1 aromatic carbocycles. The minimum absolute atomic E-state index is 0.0470. The molecule has 0 saturated heterocycles. The zero-order chi connectivity index (χ0) is 18.4. The molecule has 1 aromatic rings. The van der Waals surface area contributed by atoms with Crippen molar-refractivity contribution in [2.45, 2.75) is 52.0 Å². The van der Waals surface area contributed by atoms with Gasteiger partial charge in [-0.3, -0.25) is 9.59 Å². The van der Waals surface area contributed by atoms with Gasteiger partial charge in [-0.1, -0.05) is 18.9 Å². The Morgan fingerprint density at radius 3 is 2.48 bits per heavy atom. The van der Waals surface area contributed by atoms with Crippen molar-refractivity contribution in [3.8, 4) is 0 Å². The zero-order valence-electron chi connectivity index (χ0n) is 15.1. The maximum Gasteiger partial charge on any atom is 0.337 e. The highest BCUT2D eigenvalue weighted by Gasteiger charge is 2.42. The van der Waals surface area contributed by atoms with E-state index >= 15 is 0 Å². The standard InChI is InChI=1S/C19H26N2O4/c1-13(2)20-16(22)12-19(9-4-5-10-19)18(24)21-15-8-6-7-14(11-15)17(23)25-3/h6-8,11,13H,4-5,9-10,12H2,1-3H3,(H,20,22)(H,21,24). The minimum Gasteiger partial charge on any atom is -0.465 e. The first-order valence-electron chi connectivity index (χ1n) is 8.65. The predicted octanol–water partition coefficient (Wildman–Crippen LogP) is 2.89. The Labute approximate surface area is 148 Å². The number of rotatable bonds is 6. The van der Waals surface area contributed by atoms with Gasteiger partial charge in [0.2, 0.25) is 11.8 Å². The van der Waals surface area contributed by atoms with Gasteiger partial charge in [0.05, 0.1) is 18.1 Å². The lowest BCUT2D eigenvalue weighted by Crippen LogP contribution is -2.40. The van der Waals surface area contributed by atoms with Gasteiger partial charge in [-0.25, -0.2) is 4.79 Å². The van der Waals surface area contributed by atoms with E-state index in [1.165, 1.54) is 7.11 Å². The van der Waals surface area contributed by atoms with Crippen LogP contribution in [0.2, 0.25) is 0 Å². The normalized spacial score (nSPS) is 15.7. The topological polar surface area (TPSA) is 84.5 Å². The summed E-state index contributed by atoms with van der Waals surface area (Å²) in [6.45, 7) is 3.80. The van der Waals surface area contributed by atoms with Crippen LogP contribution in [0.4, 0.5) is 5.69 Å². The molecule has 1 aliphatic carbocycles. The van der Waals surface area contributed by atoms with Crippen molar-refractivity contribution >= 4 is 23.5 Å². The number of amides is 2. The molecular weight excluding hydrogens is 320 g/mol. The third-order valence-corrected chi connectivity index (χ3v) is 4.53.